The van der Waals surface area contributed by atoms with Crippen molar-refractivity contribution in [1.29, 1.82) is 0 Å². The Labute approximate surface area is 156 Å². The molecule has 0 saturated heterocycles. The van der Waals surface area contributed by atoms with E-state index in [4.69, 9.17) is 0 Å². The SMILES string of the molecule is Cc1cc(C)c(NC(=O)C(C)(C)C(=O)NCCc2ccccc2)c(C)c1. The third-order valence-corrected chi connectivity index (χ3v) is 4.59. The highest BCUT2D eigenvalue weighted by Gasteiger charge is 2.36. The molecular weight excluding hydrogens is 324 g/mol. The second-order valence-corrected chi connectivity index (χ2v) is 7.34. The molecule has 2 amide bonds. The zero-order valence-electron chi connectivity index (χ0n) is 16.3. The first-order valence-electron chi connectivity index (χ1n) is 8.93. The summed E-state index contributed by atoms with van der Waals surface area (Å²) in [5.41, 5.74) is 3.93. The van der Waals surface area contributed by atoms with Gasteiger partial charge in [0.2, 0.25) is 11.8 Å². The van der Waals surface area contributed by atoms with Crippen molar-refractivity contribution >= 4 is 17.5 Å². The average Bonchev–Trinajstić information content (AvgIpc) is 2.58. The summed E-state index contributed by atoms with van der Waals surface area (Å²) in [6.07, 6.45) is 0.737. The minimum Gasteiger partial charge on any atom is -0.355 e. The van der Waals surface area contributed by atoms with Gasteiger partial charge in [-0.15, -0.1) is 0 Å². The lowest BCUT2D eigenvalue weighted by atomic mass is 9.90. The number of hydrogen-bond donors (Lipinski definition) is 2. The predicted octanol–water partition coefficient (Wildman–Crippen LogP) is 3.94. The quantitative estimate of drug-likeness (QED) is 0.774. The Bertz CT molecular complexity index is 772. The lowest BCUT2D eigenvalue weighted by Gasteiger charge is -2.24. The van der Waals surface area contributed by atoms with E-state index >= 15 is 0 Å². The number of aryl methyl sites for hydroxylation is 3. The van der Waals surface area contributed by atoms with Gasteiger partial charge in [-0.2, -0.15) is 0 Å². The first-order valence-corrected chi connectivity index (χ1v) is 8.93. The maximum absolute atomic E-state index is 12.7. The van der Waals surface area contributed by atoms with Crippen LogP contribution in [0, 0.1) is 26.2 Å². The van der Waals surface area contributed by atoms with E-state index in [0.717, 1.165) is 34.4 Å². The number of carbonyl (C=O) groups excluding carboxylic acids is 2. The maximum atomic E-state index is 12.7. The fourth-order valence-corrected chi connectivity index (χ4v) is 2.94. The monoisotopic (exact) mass is 352 g/mol. The molecule has 0 aliphatic carbocycles. The van der Waals surface area contributed by atoms with Gasteiger partial charge in [0.15, 0.2) is 0 Å². The molecule has 0 atom stereocenters. The highest BCUT2D eigenvalue weighted by molar-refractivity contribution is 6.10. The first-order chi connectivity index (χ1) is 12.2. The predicted molar refractivity (Wildman–Crippen MR) is 106 cm³/mol. The zero-order chi connectivity index (χ0) is 19.3. The largest absolute Gasteiger partial charge is 0.355 e. The molecule has 2 rings (SSSR count). The van der Waals surface area contributed by atoms with E-state index in [1.54, 1.807) is 13.8 Å². The number of hydrogen-bond acceptors (Lipinski definition) is 2. The summed E-state index contributed by atoms with van der Waals surface area (Å²) >= 11 is 0. The Hall–Kier alpha value is -2.62. The summed E-state index contributed by atoms with van der Waals surface area (Å²) < 4.78 is 0. The van der Waals surface area contributed by atoms with E-state index in [0.29, 0.717) is 6.54 Å². The standard InChI is InChI=1S/C22H28N2O2/c1-15-13-16(2)19(17(3)14-15)24-21(26)22(4,5)20(25)23-12-11-18-9-7-6-8-10-18/h6-10,13-14H,11-12H2,1-5H3,(H,23,25)(H,24,26). The lowest BCUT2D eigenvalue weighted by molar-refractivity contribution is -0.138. The van der Waals surface area contributed by atoms with E-state index in [2.05, 4.69) is 10.6 Å². The molecule has 0 radical (unpaired) electrons. The number of anilines is 1. The van der Waals surface area contributed by atoms with Crippen LogP contribution >= 0.6 is 0 Å². The van der Waals surface area contributed by atoms with Gasteiger partial charge in [-0.3, -0.25) is 9.59 Å². The second kappa shape index (κ2) is 8.17. The molecule has 2 aromatic carbocycles. The van der Waals surface area contributed by atoms with Crippen LogP contribution in [-0.2, 0) is 16.0 Å². The lowest BCUT2D eigenvalue weighted by Crippen LogP contribution is -2.45. The molecule has 0 unspecified atom stereocenters. The molecule has 138 valence electrons. The van der Waals surface area contributed by atoms with Crippen LogP contribution in [-0.4, -0.2) is 18.4 Å². The third kappa shape index (κ3) is 4.72. The number of benzene rings is 2. The van der Waals surface area contributed by atoms with Crippen LogP contribution in [0.2, 0.25) is 0 Å². The Morgan fingerprint density at radius 2 is 1.50 bits per heavy atom. The van der Waals surface area contributed by atoms with Gasteiger partial charge in [0.1, 0.15) is 5.41 Å². The molecule has 0 saturated carbocycles. The summed E-state index contributed by atoms with van der Waals surface area (Å²) in [5.74, 6) is -0.571. The van der Waals surface area contributed by atoms with Gasteiger partial charge in [0, 0.05) is 12.2 Å². The molecule has 0 spiro atoms. The molecule has 2 N–H and O–H groups in total. The molecule has 0 heterocycles. The molecule has 0 aliphatic rings. The minimum absolute atomic E-state index is 0.270. The molecule has 0 aromatic heterocycles. The van der Waals surface area contributed by atoms with Gasteiger partial charge in [0.25, 0.3) is 0 Å². The Kier molecular flexibility index (Phi) is 6.19. The van der Waals surface area contributed by atoms with Crippen LogP contribution in [0.5, 0.6) is 0 Å². The minimum atomic E-state index is -1.15. The smallest absolute Gasteiger partial charge is 0.239 e. The Morgan fingerprint density at radius 3 is 2.08 bits per heavy atom. The summed E-state index contributed by atoms with van der Waals surface area (Å²) in [6.45, 7) is 9.75. The number of rotatable bonds is 6. The highest BCUT2D eigenvalue weighted by Crippen LogP contribution is 2.25. The van der Waals surface area contributed by atoms with E-state index in [1.165, 1.54) is 0 Å². The van der Waals surface area contributed by atoms with Gasteiger partial charge in [0.05, 0.1) is 0 Å². The van der Waals surface area contributed by atoms with Crippen molar-refractivity contribution in [2.24, 2.45) is 5.41 Å². The second-order valence-electron chi connectivity index (χ2n) is 7.34. The fraction of sp³-hybridized carbons (Fsp3) is 0.364. The normalized spacial score (nSPS) is 11.1. The van der Waals surface area contributed by atoms with Crippen molar-refractivity contribution in [3.05, 3.63) is 64.7 Å². The van der Waals surface area contributed by atoms with Crippen molar-refractivity contribution in [3.8, 4) is 0 Å². The van der Waals surface area contributed by atoms with Crippen LogP contribution in [0.25, 0.3) is 0 Å². The average molecular weight is 352 g/mol. The molecule has 2 aromatic rings. The van der Waals surface area contributed by atoms with Crippen LogP contribution in [0.4, 0.5) is 5.69 Å². The van der Waals surface area contributed by atoms with Crippen molar-refractivity contribution in [1.82, 2.24) is 5.32 Å². The zero-order valence-corrected chi connectivity index (χ0v) is 16.3. The maximum Gasteiger partial charge on any atom is 0.239 e. The molecule has 4 nitrogen and oxygen atoms in total. The van der Waals surface area contributed by atoms with Crippen LogP contribution in [0.3, 0.4) is 0 Å². The van der Waals surface area contributed by atoms with Gasteiger partial charge >= 0.3 is 0 Å². The first kappa shape index (κ1) is 19.7. The van der Waals surface area contributed by atoms with E-state index in [9.17, 15) is 9.59 Å². The van der Waals surface area contributed by atoms with Crippen molar-refractivity contribution in [2.45, 2.75) is 41.0 Å². The molecule has 0 bridgehead atoms. The van der Waals surface area contributed by atoms with Crippen molar-refractivity contribution in [3.63, 3.8) is 0 Å². The van der Waals surface area contributed by atoms with Crippen LogP contribution in [0.1, 0.15) is 36.1 Å². The summed E-state index contributed by atoms with van der Waals surface area (Å²) in [6, 6.07) is 14.0. The number of amides is 2. The fourth-order valence-electron chi connectivity index (χ4n) is 2.94. The Balaban J connectivity index is 1.99. The highest BCUT2D eigenvalue weighted by atomic mass is 16.2. The number of carbonyl (C=O) groups is 2. The Morgan fingerprint density at radius 1 is 0.923 bits per heavy atom. The van der Waals surface area contributed by atoms with Crippen molar-refractivity contribution < 1.29 is 9.59 Å². The molecule has 26 heavy (non-hydrogen) atoms. The van der Waals surface area contributed by atoms with Gasteiger partial charge in [-0.1, -0.05) is 48.0 Å². The van der Waals surface area contributed by atoms with E-state index < -0.39 is 5.41 Å². The van der Waals surface area contributed by atoms with E-state index in [-0.39, 0.29) is 11.8 Å². The van der Waals surface area contributed by atoms with Gasteiger partial charge in [-0.05, 0) is 57.7 Å². The summed E-state index contributed by atoms with van der Waals surface area (Å²) in [5, 5.41) is 5.81. The molecule has 0 aliphatic heterocycles. The van der Waals surface area contributed by atoms with E-state index in [1.807, 2.05) is 63.2 Å². The topological polar surface area (TPSA) is 58.2 Å². The number of nitrogens with one attached hydrogen (secondary N) is 2. The van der Waals surface area contributed by atoms with Crippen LogP contribution in [0.15, 0.2) is 42.5 Å². The van der Waals surface area contributed by atoms with Gasteiger partial charge < -0.3 is 10.6 Å². The third-order valence-electron chi connectivity index (χ3n) is 4.59. The van der Waals surface area contributed by atoms with Crippen LogP contribution < -0.4 is 10.6 Å². The molecule has 4 heteroatoms. The molecular formula is C22H28N2O2. The summed E-state index contributed by atoms with van der Waals surface area (Å²) in [7, 11) is 0. The summed E-state index contributed by atoms with van der Waals surface area (Å²) in [4.78, 5) is 25.3. The molecule has 0 fully saturated rings. The van der Waals surface area contributed by atoms with Crippen molar-refractivity contribution in [2.75, 3.05) is 11.9 Å². The van der Waals surface area contributed by atoms with Gasteiger partial charge in [-0.25, -0.2) is 0 Å².